The zero-order chi connectivity index (χ0) is 26.9. The Bertz CT molecular complexity index is 1380. The fourth-order valence-corrected chi connectivity index (χ4v) is 5.10. The molecule has 1 fully saturated rings. The molecule has 0 aromatic heterocycles. The van der Waals surface area contributed by atoms with Crippen LogP contribution in [-0.4, -0.2) is 18.0 Å². The van der Waals surface area contributed by atoms with Gasteiger partial charge in [-0.15, -0.1) is 6.58 Å². The lowest BCUT2D eigenvalue weighted by molar-refractivity contribution is -0.116. The molecule has 0 radical (unpaired) electrons. The Morgan fingerprint density at radius 3 is 2.61 bits per heavy atom. The molecule has 0 saturated carbocycles. The summed E-state index contributed by atoms with van der Waals surface area (Å²) in [6.45, 7) is 8.62. The molecule has 194 valence electrons. The number of hydrogen-bond donors (Lipinski definition) is 2. The standard InChI is InChI=1S/C31H31N3O3S/c1-4-9-23-16-22(17-27(36-6-3)29(23)37-20-25-11-8-7-10-24(25)19-32)18-28-30(35)34-31(38-28)33-26-14-12-21(5-2)13-15-26/h4,7-8,10-18,31,33H,1,5-6,9,20H2,2-3H3,(H,34,35)/b28-18-/t31-/m1/s1. The quantitative estimate of drug-likeness (QED) is 0.222. The van der Waals surface area contributed by atoms with Gasteiger partial charge in [-0.05, 0) is 67.3 Å². The Morgan fingerprint density at radius 1 is 1.11 bits per heavy atom. The molecular formula is C31H31N3O3S. The number of nitrogens with one attached hydrogen (secondary N) is 2. The molecule has 0 unspecified atom stereocenters. The average Bonchev–Trinajstić information content (AvgIpc) is 3.27. The number of carbonyl (C=O) groups is 1. The topological polar surface area (TPSA) is 83.4 Å². The number of nitriles is 1. The summed E-state index contributed by atoms with van der Waals surface area (Å²) in [7, 11) is 0. The van der Waals surface area contributed by atoms with Crippen LogP contribution in [0.25, 0.3) is 6.08 Å². The highest BCUT2D eigenvalue weighted by Crippen LogP contribution is 2.37. The Balaban J connectivity index is 1.57. The molecule has 3 aromatic carbocycles. The largest absolute Gasteiger partial charge is 0.490 e. The molecule has 1 heterocycles. The molecule has 3 aromatic rings. The van der Waals surface area contributed by atoms with Crippen molar-refractivity contribution in [3.8, 4) is 17.6 Å². The lowest BCUT2D eigenvalue weighted by Crippen LogP contribution is -2.30. The first kappa shape index (κ1) is 26.9. The van der Waals surface area contributed by atoms with E-state index in [2.05, 4.69) is 42.3 Å². The SMILES string of the molecule is C=CCc1cc(/C=C2\S[C@H](Nc3ccc(CC)cc3)NC2=O)cc(OCC)c1OCc1ccccc1C#N. The minimum Gasteiger partial charge on any atom is -0.490 e. The zero-order valence-corrected chi connectivity index (χ0v) is 22.4. The summed E-state index contributed by atoms with van der Waals surface area (Å²) in [5.74, 6) is 1.07. The molecule has 6 nitrogen and oxygen atoms in total. The van der Waals surface area contributed by atoms with Crippen LogP contribution in [0.2, 0.25) is 0 Å². The zero-order valence-electron chi connectivity index (χ0n) is 21.6. The van der Waals surface area contributed by atoms with Gasteiger partial charge in [0, 0.05) is 16.8 Å². The molecule has 4 rings (SSSR count). The highest BCUT2D eigenvalue weighted by atomic mass is 32.2. The number of anilines is 1. The first-order valence-corrected chi connectivity index (χ1v) is 13.5. The number of ether oxygens (including phenoxy) is 2. The van der Waals surface area contributed by atoms with Gasteiger partial charge in [0.15, 0.2) is 17.0 Å². The van der Waals surface area contributed by atoms with E-state index in [0.717, 1.165) is 28.8 Å². The molecule has 0 spiro atoms. The molecule has 1 aliphatic heterocycles. The van der Waals surface area contributed by atoms with E-state index in [-0.39, 0.29) is 18.0 Å². The Kier molecular flexibility index (Phi) is 9.12. The third kappa shape index (κ3) is 6.58. The van der Waals surface area contributed by atoms with Gasteiger partial charge in [-0.1, -0.05) is 55.1 Å². The summed E-state index contributed by atoms with van der Waals surface area (Å²) in [5, 5.41) is 15.8. The minimum absolute atomic E-state index is 0.130. The number of amides is 1. The summed E-state index contributed by atoms with van der Waals surface area (Å²) in [6, 6.07) is 21.7. The molecule has 1 saturated heterocycles. The molecule has 7 heteroatoms. The number of rotatable bonds is 11. The fourth-order valence-electron chi connectivity index (χ4n) is 4.11. The monoisotopic (exact) mass is 525 g/mol. The van der Waals surface area contributed by atoms with Crippen LogP contribution in [0.15, 0.2) is 78.2 Å². The lowest BCUT2D eigenvalue weighted by Gasteiger charge is -2.17. The number of nitrogens with zero attached hydrogens (tertiary/aromatic N) is 1. The van der Waals surface area contributed by atoms with Crippen LogP contribution in [0, 0.1) is 11.3 Å². The highest BCUT2D eigenvalue weighted by Gasteiger charge is 2.27. The Hall–Kier alpha value is -4.15. The summed E-state index contributed by atoms with van der Waals surface area (Å²) >= 11 is 1.44. The number of carbonyl (C=O) groups excluding carboxylic acids is 1. The first-order chi connectivity index (χ1) is 18.5. The van der Waals surface area contributed by atoms with Crippen molar-refractivity contribution >= 4 is 29.4 Å². The normalized spacial score (nSPS) is 15.6. The van der Waals surface area contributed by atoms with Crippen molar-refractivity contribution in [1.82, 2.24) is 5.32 Å². The molecule has 2 N–H and O–H groups in total. The number of allylic oxidation sites excluding steroid dienone is 1. The number of aryl methyl sites for hydroxylation is 1. The average molecular weight is 526 g/mol. The summed E-state index contributed by atoms with van der Waals surface area (Å²) in [4.78, 5) is 13.4. The molecule has 0 bridgehead atoms. The van der Waals surface area contributed by atoms with Crippen LogP contribution in [0.1, 0.15) is 41.7 Å². The van der Waals surface area contributed by atoms with E-state index in [1.54, 1.807) is 12.1 Å². The molecule has 38 heavy (non-hydrogen) atoms. The van der Waals surface area contributed by atoms with Crippen molar-refractivity contribution in [1.29, 1.82) is 5.26 Å². The van der Waals surface area contributed by atoms with Crippen LogP contribution in [0.4, 0.5) is 5.69 Å². The fraction of sp³-hybridized carbons (Fsp3) is 0.226. The van der Waals surface area contributed by atoms with E-state index in [1.165, 1.54) is 17.3 Å². The molecule has 1 amide bonds. The van der Waals surface area contributed by atoms with Crippen LogP contribution >= 0.6 is 11.8 Å². The predicted molar refractivity (Wildman–Crippen MR) is 154 cm³/mol. The number of thioether (sulfide) groups is 1. The van der Waals surface area contributed by atoms with E-state index in [4.69, 9.17) is 9.47 Å². The minimum atomic E-state index is -0.261. The van der Waals surface area contributed by atoms with E-state index >= 15 is 0 Å². The third-order valence-electron chi connectivity index (χ3n) is 6.02. The maximum Gasteiger partial charge on any atom is 0.260 e. The van der Waals surface area contributed by atoms with Crippen LogP contribution in [-0.2, 0) is 24.2 Å². The van der Waals surface area contributed by atoms with Gasteiger partial charge in [-0.3, -0.25) is 4.79 Å². The Morgan fingerprint density at radius 2 is 1.89 bits per heavy atom. The van der Waals surface area contributed by atoms with Crippen molar-refractivity contribution in [2.24, 2.45) is 0 Å². The highest BCUT2D eigenvalue weighted by molar-refractivity contribution is 8.05. The van der Waals surface area contributed by atoms with Gasteiger partial charge in [0.25, 0.3) is 5.91 Å². The summed E-state index contributed by atoms with van der Waals surface area (Å²) in [6.07, 6.45) is 5.21. The van der Waals surface area contributed by atoms with Gasteiger partial charge in [0.2, 0.25) is 0 Å². The maximum absolute atomic E-state index is 12.7. The molecular weight excluding hydrogens is 494 g/mol. The van der Waals surface area contributed by atoms with Gasteiger partial charge in [0.05, 0.1) is 23.1 Å². The van der Waals surface area contributed by atoms with Crippen molar-refractivity contribution in [3.05, 3.63) is 106 Å². The molecule has 0 aliphatic carbocycles. The van der Waals surface area contributed by atoms with Crippen molar-refractivity contribution in [2.75, 3.05) is 11.9 Å². The smallest absolute Gasteiger partial charge is 0.260 e. The predicted octanol–water partition coefficient (Wildman–Crippen LogP) is 6.43. The van der Waals surface area contributed by atoms with Crippen LogP contribution < -0.4 is 20.1 Å². The number of hydrogen-bond acceptors (Lipinski definition) is 6. The maximum atomic E-state index is 12.7. The Labute approximate surface area is 228 Å². The van der Waals surface area contributed by atoms with E-state index in [9.17, 15) is 10.1 Å². The summed E-state index contributed by atoms with van der Waals surface area (Å²) < 4.78 is 12.2. The van der Waals surface area contributed by atoms with Gasteiger partial charge in [-0.2, -0.15) is 5.26 Å². The third-order valence-corrected chi connectivity index (χ3v) is 7.05. The molecule has 1 atom stereocenters. The van der Waals surface area contributed by atoms with E-state index in [0.29, 0.717) is 35.0 Å². The van der Waals surface area contributed by atoms with Crippen molar-refractivity contribution < 1.29 is 14.3 Å². The van der Waals surface area contributed by atoms with Crippen LogP contribution in [0.3, 0.4) is 0 Å². The van der Waals surface area contributed by atoms with Crippen LogP contribution in [0.5, 0.6) is 11.5 Å². The lowest BCUT2D eigenvalue weighted by atomic mass is 10.0. The van der Waals surface area contributed by atoms with Gasteiger partial charge in [-0.25, -0.2) is 0 Å². The number of benzene rings is 3. The van der Waals surface area contributed by atoms with E-state index in [1.807, 2.05) is 55.5 Å². The second-order valence-corrected chi connectivity index (χ2v) is 9.81. The second kappa shape index (κ2) is 12.9. The first-order valence-electron chi connectivity index (χ1n) is 12.6. The summed E-state index contributed by atoms with van der Waals surface area (Å²) in [5.41, 5.74) is 5.06. The van der Waals surface area contributed by atoms with Gasteiger partial charge in [0.1, 0.15) is 6.61 Å². The second-order valence-electron chi connectivity index (χ2n) is 8.67. The van der Waals surface area contributed by atoms with Crippen molar-refractivity contribution in [3.63, 3.8) is 0 Å². The van der Waals surface area contributed by atoms with Gasteiger partial charge >= 0.3 is 0 Å². The van der Waals surface area contributed by atoms with Crippen molar-refractivity contribution in [2.45, 2.75) is 38.8 Å². The molecule has 1 aliphatic rings. The van der Waals surface area contributed by atoms with E-state index < -0.39 is 0 Å². The van der Waals surface area contributed by atoms with Gasteiger partial charge < -0.3 is 20.1 Å².